The van der Waals surface area contributed by atoms with Crippen molar-refractivity contribution in [2.24, 2.45) is 0 Å². The number of nitrogens with one attached hydrogen (secondary N) is 1. The van der Waals surface area contributed by atoms with Gasteiger partial charge in [0.1, 0.15) is 5.82 Å². The minimum Gasteiger partial charge on any atom is -0.378 e. The van der Waals surface area contributed by atoms with E-state index in [1.165, 1.54) is 12.1 Å². The van der Waals surface area contributed by atoms with Gasteiger partial charge in [-0.25, -0.2) is 4.39 Å². The zero-order chi connectivity index (χ0) is 14.0. The monoisotopic (exact) mass is 341 g/mol. The highest BCUT2D eigenvalue weighted by atomic mass is 79.9. The number of rotatable bonds is 3. The van der Waals surface area contributed by atoms with Crippen molar-refractivity contribution in [2.45, 2.75) is 19.9 Å². The molecule has 1 atom stereocenters. The van der Waals surface area contributed by atoms with Crippen molar-refractivity contribution in [3.63, 3.8) is 0 Å². The summed E-state index contributed by atoms with van der Waals surface area (Å²) in [5, 5.41) is 3.83. The van der Waals surface area contributed by atoms with Crippen LogP contribution < -0.4 is 5.32 Å². The van der Waals surface area contributed by atoms with Gasteiger partial charge in [0.15, 0.2) is 0 Å². The Labute approximate surface area is 125 Å². The molecule has 19 heavy (non-hydrogen) atoms. The van der Waals surface area contributed by atoms with Gasteiger partial charge in [0.05, 0.1) is 6.04 Å². The van der Waals surface area contributed by atoms with Gasteiger partial charge >= 0.3 is 0 Å². The molecular formula is C15H14BrClFN. The molecule has 0 fully saturated rings. The van der Waals surface area contributed by atoms with Crippen LogP contribution >= 0.6 is 27.5 Å². The highest BCUT2D eigenvalue weighted by Crippen LogP contribution is 2.28. The van der Waals surface area contributed by atoms with Gasteiger partial charge in [-0.05, 0) is 55.3 Å². The van der Waals surface area contributed by atoms with Crippen molar-refractivity contribution in [3.05, 3.63) is 62.8 Å². The molecule has 0 aromatic heterocycles. The molecule has 0 spiro atoms. The summed E-state index contributed by atoms with van der Waals surface area (Å²) in [6, 6.07) is 10.5. The summed E-state index contributed by atoms with van der Waals surface area (Å²) in [6.07, 6.45) is 0. The minimum atomic E-state index is -0.319. The van der Waals surface area contributed by atoms with E-state index in [0.29, 0.717) is 5.02 Å². The Bertz CT molecular complexity index is 601. The molecule has 0 amide bonds. The van der Waals surface area contributed by atoms with Crippen LogP contribution in [0.1, 0.15) is 24.1 Å². The number of hydrogen-bond acceptors (Lipinski definition) is 1. The predicted octanol–water partition coefficient (Wildman–Crippen LogP) is 5.72. The summed E-state index contributed by atoms with van der Waals surface area (Å²) < 4.78 is 14.1. The van der Waals surface area contributed by atoms with Gasteiger partial charge in [0.25, 0.3) is 0 Å². The Morgan fingerprint density at radius 1 is 1.21 bits per heavy atom. The average molecular weight is 343 g/mol. The zero-order valence-electron chi connectivity index (χ0n) is 10.7. The van der Waals surface area contributed by atoms with Crippen LogP contribution in [0.2, 0.25) is 5.02 Å². The smallest absolute Gasteiger partial charge is 0.124 e. The van der Waals surface area contributed by atoms with Crippen LogP contribution in [0.15, 0.2) is 40.9 Å². The summed E-state index contributed by atoms with van der Waals surface area (Å²) in [5.74, 6) is -0.319. The molecule has 100 valence electrons. The first kappa shape index (κ1) is 14.4. The van der Waals surface area contributed by atoms with Crippen LogP contribution in [0.4, 0.5) is 10.1 Å². The van der Waals surface area contributed by atoms with Crippen molar-refractivity contribution in [2.75, 3.05) is 5.32 Å². The third-order valence-corrected chi connectivity index (χ3v) is 3.81. The highest BCUT2D eigenvalue weighted by Gasteiger charge is 2.11. The van der Waals surface area contributed by atoms with Crippen molar-refractivity contribution >= 4 is 33.2 Å². The summed E-state index contributed by atoms with van der Waals surface area (Å²) >= 11 is 9.50. The molecule has 1 N–H and O–H groups in total. The van der Waals surface area contributed by atoms with Gasteiger partial charge in [-0.2, -0.15) is 0 Å². The molecule has 0 heterocycles. The largest absolute Gasteiger partial charge is 0.378 e. The molecular weight excluding hydrogens is 329 g/mol. The Hall–Kier alpha value is -1.06. The van der Waals surface area contributed by atoms with E-state index in [2.05, 4.69) is 21.2 Å². The van der Waals surface area contributed by atoms with Crippen LogP contribution in [0.25, 0.3) is 0 Å². The van der Waals surface area contributed by atoms with Crippen molar-refractivity contribution in [1.29, 1.82) is 0 Å². The lowest BCUT2D eigenvalue weighted by Crippen LogP contribution is -2.08. The van der Waals surface area contributed by atoms with E-state index in [-0.39, 0.29) is 11.9 Å². The maximum absolute atomic E-state index is 13.0. The molecule has 2 aromatic rings. The molecule has 2 rings (SSSR count). The number of benzene rings is 2. The van der Waals surface area contributed by atoms with Crippen molar-refractivity contribution < 1.29 is 4.39 Å². The van der Waals surface area contributed by atoms with E-state index >= 15 is 0 Å². The normalized spacial score (nSPS) is 12.3. The quantitative estimate of drug-likeness (QED) is 0.752. The third kappa shape index (κ3) is 3.48. The van der Waals surface area contributed by atoms with Gasteiger partial charge in [-0.3, -0.25) is 0 Å². The van der Waals surface area contributed by atoms with E-state index < -0.39 is 0 Å². The molecule has 2 aromatic carbocycles. The van der Waals surface area contributed by atoms with Crippen LogP contribution in [0, 0.1) is 12.7 Å². The molecule has 4 heteroatoms. The summed E-state index contributed by atoms with van der Waals surface area (Å²) in [7, 11) is 0. The fraction of sp³-hybridized carbons (Fsp3) is 0.200. The Kier molecular flexibility index (Phi) is 4.48. The Balaban J connectivity index is 2.23. The second kappa shape index (κ2) is 5.93. The zero-order valence-corrected chi connectivity index (χ0v) is 13.0. The van der Waals surface area contributed by atoms with Crippen LogP contribution in [0.5, 0.6) is 0 Å². The van der Waals surface area contributed by atoms with Crippen LogP contribution in [-0.4, -0.2) is 0 Å². The number of hydrogen-bond donors (Lipinski definition) is 1. The second-order valence-electron chi connectivity index (χ2n) is 4.49. The molecule has 0 bridgehead atoms. The molecule has 0 radical (unpaired) electrons. The molecule has 0 aliphatic heterocycles. The van der Waals surface area contributed by atoms with Gasteiger partial charge in [0.2, 0.25) is 0 Å². The fourth-order valence-electron chi connectivity index (χ4n) is 1.95. The summed E-state index contributed by atoms with van der Waals surface area (Å²) in [5.41, 5.74) is 3.06. The van der Waals surface area contributed by atoms with E-state index in [1.807, 2.05) is 32.0 Å². The van der Waals surface area contributed by atoms with E-state index in [1.54, 1.807) is 6.07 Å². The van der Waals surface area contributed by atoms with Crippen LogP contribution in [-0.2, 0) is 0 Å². The maximum atomic E-state index is 13.0. The van der Waals surface area contributed by atoms with E-state index in [0.717, 1.165) is 21.3 Å². The predicted molar refractivity (Wildman–Crippen MR) is 82.3 cm³/mol. The van der Waals surface area contributed by atoms with Gasteiger partial charge in [-0.15, -0.1) is 0 Å². The Morgan fingerprint density at radius 2 is 1.95 bits per heavy atom. The average Bonchev–Trinajstić information content (AvgIpc) is 2.32. The van der Waals surface area contributed by atoms with Crippen LogP contribution in [0.3, 0.4) is 0 Å². The standard InChI is InChI=1S/C15H14BrClFN/c1-9-7-11(16)3-6-15(9)19-10(2)13-5-4-12(18)8-14(13)17/h3-8,10,19H,1-2H3. The lowest BCUT2D eigenvalue weighted by Gasteiger charge is -2.18. The van der Waals surface area contributed by atoms with Crippen molar-refractivity contribution in [3.8, 4) is 0 Å². The Morgan fingerprint density at radius 3 is 2.58 bits per heavy atom. The van der Waals surface area contributed by atoms with E-state index in [4.69, 9.17) is 11.6 Å². The van der Waals surface area contributed by atoms with Gasteiger partial charge < -0.3 is 5.32 Å². The van der Waals surface area contributed by atoms with E-state index in [9.17, 15) is 4.39 Å². The summed E-state index contributed by atoms with van der Waals surface area (Å²) in [4.78, 5) is 0. The molecule has 1 unspecified atom stereocenters. The van der Waals surface area contributed by atoms with Gasteiger partial charge in [-0.1, -0.05) is 33.6 Å². The molecule has 0 aliphatic rings. The first-order valence-corrected chi connectivity index (χ1v) is 7.12. The third-order valence-electron chi connectivity index (χ3n) is 2.99. The molecule has 0 aliphatic carbocycles. The number of anilines is 1. The lowest BCUT2D eigenvalue weighted by molar-refractivity contribution is 0.626. The number of aryl methyl sites for hydroxylation is 1. The van der Waals surface area contributed by atoms with Crippen molar-refractivity contribution in [1.82, 2.24) is 0 Å². The topological polar surface area (TPSA) is 12.0 Å². The minimum absolute atomic E-state index is 0.00738. The lowest BCUT2D eigenvalue weighted by atomic mass is 10.1. The highest BCUT2D eigenvalue weighted by molar-refractivity contribution is 9.10. The SMILES string of the molecule is Cc1cc(Br)ccc1NC(C)c1ccc(F)cc1Cl. The molecule has 0 saturated carbocycles. The second-order valence-corrected chi connectivity index (χ2v) is 5.81. The van der Waals surface area contributed by atoms with Gasteiger partial charge in [0, 0.05) is 15.2 Å². The molecule has 1 nitrogen and oxygen atoms in total. The molecule has 0 saturated heterocycles. The maximum Gasteiger partial charge on any atom is 0.124 e. The first-order chi connectivity index (χ1) is 8.97. The first-order valence-electron chi connectivity index (χ1n) is 5.95. The summed E-state index contributed by atoms with van der Waals surface area (Å²) in [6.45, 7) is 4.03. The number of halogens is 3. The fourth-order valence-corrected chi connectivity index (χ4v) is 2.76.